The molecule has 94 valence electrons. The van der Waals surface area contributed by atoms with E-state index in [2.05, 4.69) is 0 Å². The zero-order valence-electron chi connectivity index (χ0n) is 10.1. The van der Waals surface area contributed by atoms with Gasteiger partial charge in [-0.1, -0.05) is 11.6 Å². The predicted octanol–water partition coefficient (Wildman–Crippen LogP) is 2.37. The Morgan fingerprint density at radius 1 is 1.44 bits per heavy atom. The molecular weight excluding hydrogens is 254 g/mol. The number of halogens is 1. The van der Waals surface area contributed by atoms with Crippen LogP contribution in [-0.4, -0.2) is 25.3 Å². The smallest absolute Gasteiger partial charge is 0.299 e. The molecule has 18 heavy (non-hydrogen) atoms. The molecule has 0 saturated carbocycles. The molecule has 0 fully saturated rings. The summed E-state index contributed by atoms with van der Waals surface area (Å²) < 4.78 is 5.10. The van der Waals surface area contributed by atoms with E-state index >= 15 is 0 Å². The lowest BCUT2D eigenvalue weighted by Gasteiger charge is -2.16. The van der Waals surface area contributed by atoms with Crippen molar-refractivity contribution < 1.29 is 14.3 Å². The maximum Gasteiger partial charge on any atom is 0.299 e. The third kappa shape index (κ3) is 1.99. The molecule has 0 N–H and O–H groups in total. The summed E-state index contributed by atoms with van der Waals surface area (Å²) in [6, 6.07) is 4.95. The molecule has 0 saturated heterocycles. The molecule has 1 aromatic carbocycles. The number of Topliss-reactive ketones (excluding diaryl/α,β-unsaturated/α-hetero) is 1. The number of rotatable bonds is 3. The number of ether oxygens (including phenoxy) is 1. The Labute approximate surface area is 110 Å². The highest BCUT2D eigenvalue weighted by Gasteiger charge is 2.35. The number of hydrogen-bond donors (Lipinski definition) is 0. The average Bonchev–Trinajstić information content (AvgIpc) is 2.63. The van der Waals surface area contributed by atoms with Crippen molar-refractivity contribution in [2.75, 3.05) is 18.6 Å². The van der Waals surface area contributed by atoms with Crippen molar-refractivity contribution in [2.24, 2.45) is 0 Å². The predicted molar refractivity (Wildman–Crippen MR) is 69.3 cm³/mol. The van der Waals surface area contributed by atoms with Crippen LogP contribution in [-0.2, 0) is 4.79 Å². The van der Waals surface area contributed by atoms with E-state index in [1.807, 2.05) is 0 Å². The number of carbonyl (C=O) groups is 2. The van der Waals surface area contributed by atoms with E-state index in [-0.39, 0.29) is 0 Å². The van der Waals surface area contributed by atoms with Crippen LogP contribution in [0.25, 0.3) is 0 Å². The second kappa shape index (κ2) is 4.82. The van der Waals surface area contributed by atoms with Gasteiger partial charge in [0, 0.05) is 18.1 Å². The topological polar surface area (TPSA) is 46.6 Å². The van der Waals surface area contributed by atoms with Crippen LogP contribution in [0.5, 0.6) is 5.75 Å². The third-order valence-corrected chi connectivity index (χ3v) is 3.15. The Morgan fingerprint density at radius 2 is 2.17 bits per heavy atom. The monoisotopic (exact) mass is 265 g/mol. The molecule has 5 heteroatoms. The quantitative estimate of drug-likeness (QED) is 0.788. The Bertz CT molecular complexity index is 551. The summed E-state index contributed by atoms with van der Waals surface area (Å²) in [5.41, 5.74) is 3.18. The van der Waals surface area contributed by atoms with Gasteiger partial charge in [0.05, 0.1) is 18.4 Å². The maximum atomic E-state index is 11.9. The summed E-state index contributed by atoms with van der Waals surface area (Å²) in [7, 11) is 1.54. The molecule has 0 bridgehead atoms. The average molecular weight is 266 g/mol. The molecule has 0 aliphatic carbocycles. The molecule has 4 nitrogen and oxygen atoms in total. The van der Waals surface area contributed by atoms with E-state index in [4.69, 9.17) is 16.3 Å². The maximum absolute atomic E-state index is 11.9. The lowest BCUT2D eigenvalue weighted by atomic mass is 10.1. The Hall–Kier alpha value is -1.81. The molecule has 0 aromatic heterocycles. The summed E-state index contributed by atoms with van der Waals surface area (Å²) in [6.45, 7) is 2.09. The van der Waals surface area contributed by atoms with E-state index in [0.29, 0.717) is 23.5 Å². The van der Waals surface area contributed by atoms with Gasteiger partial charge in [-0.05, 0) is 24.6 Å². The van der Waals surface area contributed by atoms with Crippen LogP contribution in [0.3, 0.4) is 0 Å². The molecule has 0 atom stereocenters. The molecule has 1 heterocycles. The Kier molecular flexibility index (Phi) is 3.39. The minimum absolute atomic E-state index is 0.300. The van der Waals surface area contributed by atoms with Crippen LogP contribution >= 0.6 is 11.6 Å². The summed E-state index contributed by atoms with van der Waals surface area (Å²) >= 11 is 5.59. The molecular formula is C13H12ClNO3. The first-order valence-electron chi connectivity index (χ1n) is 5.38. The van der Waals surface area contributed by atoms with Gasteiger partial charge in [-0.2, -0.15) is 0 Å². The number of nitrogens with zero attached hydrogens (tertiary/aromatic N) is 1. The third-order valence-electron chi connectivity index (χ3n) is 2.77. The van der Waals surface area contributed by atoms with Crippen LogP contribution in [0.1, 0.15) is 17.3 Å². The number of ketones is 1. The van der Waals surface area contributed by atoms with Crippen molar-refractivity contribution in [2.45, 2.75) is 6.92 Å². The number of anilines is 1. The van der Waals surface area contributed by atoms with Crippen molar-refractivity contribution in [3.05, 3.63) is 34.9 Å². The zero-order valence-corrected chi connectivity index (χ0v) is 10.8. The molecule has 1 aromatic rings. The minimum Gasteiger partial charge on any atom is -0.497 e. The van der Waals surface area contributed by atoms with Gasteiger partial charge < -0.3 is 9.64 Å². The molecule has 1 amide bonds. The van der Waals surface area contributed by atoms with E-state index in [1.54, 1.807) is 25.1 Å². The van der Waals surface area contributed by atoms with E-state index in [9.17, 15) is 9.59 Å². The van der Waals surface area contributed by atoms with Gasteiger partial charge in [-0.15, -0.1) is 0 Å². The second-order valence-electron chi connectivity index (χ2n) is 4.06. The Morgan fingerprint density at radius 3 is 2.78 bits per heavy atom. The second-order valence-corrected chi connectivity index (χ2v) is 4.28. The minimum atomic E-state index is -0.531. The lowest BCUT2D eigenvalue weighted by Crippen LogP contribution is -2.31. The summed E-state index contributed by atoms with van der Waals surface area (Å²) in [5.74, 6) is -0.417. The van der Waals surface area contributed by atoms with Crippen LogP contribution in [0.4, 0.5) is 5.69 Å². The van der Waals surface area contributed by atoms with Crippen LogP contribution in [0.2, 0.25) is 0 Å². The molecule has 1 aliphatic rings. The van der Waals surface area contributed by atoms with Gasteiger partial charge in [-0.25, -0.2) is 0 Å². The molecule has 0 unspecified atom stereocenters. The van der Waals surface area contributed by atoms with Gasteiger partial charge >= 0.3 is 0 Å². The lowest BCUT2D eigenvalue weighted by molar-refractivity contribution is -0.114. The highest BCUT2D eigenvalue weighted by molar-refractivity contribution is 6.52. The first-order valence-corrected chi connectivity index (χ1v) is 5.82. The summed E-state index contributed by atoms with van der Waals surface area (Å²) in [6.07, 6.45) is 0. The Balaban J connectivity index is 2.45. The number of hydrogen-bond acceptors (Lipinski definition) is 3. The van der Waals surface area contributed by atoms with Gasteiger partial charge in [-0.3, -0.25) is 9.59 Å². The van der Waals surface area contributed by atoms with Gasteiger partial charge in [0.2, 0.25) is 0 Å². The van der Waals surface area contributed by atoms with Crippen LogP contribution < -0.4 is 9.64 Å². The number of amides is 1. The fraction of sp³-hybridized carbons (Fsp3) is 0.231. The van der Waals surface area contributed by atoms with Crippen LogP contribution in [0.15, 0.2) is 29.3 Å². The zero-order chi connectivity index (χ0) is 13.3. The van der Waals surface area contributed by atoms with Crippen molar-refractivity contribution in [3.63, 3.8) is 0 Å². The highest BCUT2D eigenvalue weighted by atomic mass is 35.5. The highest BCUT2D eigenvalue weighted by Crippen LogP contribution is 2.32. The van der Waals surface area contributed by atoms with Crippen molar-refractivity contribution in [1.29, 1.82) is 0 Å². The van der Waals surface area contributed by atoms with Crippen LogP contribution in [0, 0.1) is 0 Å². The first-order chi connectivity index (χ1) is 8.58. The molecule has 0 radical (unpaired) electrons. The normalized spacial score (nSPS) is 15.1. The van der Waals surface area contributed by atoms with E-state index < -0.39 is 11.7 Å². The van der Waals surface area contributed by atoms with Crippen molar-refractivity contribution >= 4 is 29.0 Å². The number of carbonyl (C=O) groups excluding carboxylic acids is 2. The molecule has 1 aliphatic heterocycles. The SMILES string of the molecule is COc1ccc2c(c1)N(C/C(C)=C/Cl)C(=O)C2=O. The first kappa shape index (κ1) is 12.6. The molecule has 0 spiro atoms. The summed E-state index contributed by atoms with van der Waals surface area (Å²) in [5, 5.41) is 0. The van der Waals surface area contributed by atoms with Gasteiger partial charge in [0.25, 0.3) is 11.7 Å². The van der Waals surface area contributed by atoms with Crippen molar-refractivity contribution in [3.8, 4) is 5.75 Å². The van der Waals surface area contributed by atoms with E-state index in [0.717, 1.165) is 5.57 Å². The number of fused-ring (bicyclic) bond motifs is 1. The number of benzene rings is 1. The van der Waals surface area contributed by atoms with E-state index in [1.165, 1.54) is 17.5 Å². The largest absolute Gasteiger partial charge is 0.497 e. The van der Waals surface area contributed by atoms with Gasteiger partial charge in [0.15, 0.2) is 0 Å². The fourth-order valence-electron chi connectivity index (χ4n) is 1.84. The number of methoxy groups -OCH3 is 1. The molecule has 2 rings (SSSR count). The summed E-state index contributed by atoms with van der Waals surface area (Å²) in [4.78, 5) is 25.1. The standard InChI is InChI=1S/C13H12ClNO3/c1-8(6-14)7-15-11-5-9(18-2)3-4-10(11)12(16)13(15)17/h3-6H,7H2,1-2H3/b8-6+. The fourth-order valence-corrected chi connectivity index (χ4v) is 1.91. The van der Waals surface area contributed by atoms with Crippen molar-refractivity contribution in [1.82, 2.24) is 0 Å². The van der Waals surface area contributed by atoms with Gasteiger partial charge in [0.1, 0.15) is 5.75 Å².